The largest absolute Gasteiger partial charge is 0.336 e. The van der Waals surface area contributed by atoms with Gasteiger partial charge >= 0.3 is 0 Å². The lowest BCUT2D eigenvalue weighted by Crippen LogP contribution is -2.42. The van der Waals surface area contributed by atoms with Crippen LogP contribution < -0.4 is 0 Å². The maximum atomic E-state index is 5.44. The van der Waals surface area contributed by atoms with Gasteiger partial charge in [0.15, 0.2) is 0 Å². The van der Waals surface area contributed by atoms with Crippen LogP contribution in [0.25, 0.3) is 0 Å². The van der Waals surface area contributed by atoms with E-state index in [9.17, 15) is 0 Å². The lowest BCUT2D eigenvalue weighted by Gasteiger charge is -2.33. The van der Waals surface area contributed by atoms with E-state index in [1.54, 1.807) is 0 Å². The Morgan fingerprint density at radius 2 is 1.12 bits per heavy atom. The van der Waals surface area contributed by atoms with Crippen LogP contribution >= 0.6 is 0 Å². The summed E-state index contributed by atoms with van der Waals surface area (Å²) in [6, 6.07) is 7.22. The summed E-state index contributed by atoms with van der Waals surface area (Å²) in [5, 5.41) is 0. The van der Waals surface area contributed by atoms with Crippen molar-refractivity contribution in [2.24, 2.45) is 21.8 Å². The van der Waals surface area contributed by atoms with Gasteiger partial charge in [0.1, 0.15) is 0 Å². The molecule has 0 aliphatic heterocycles. The SMILES string of the molecule is CC(C)C1=CCC=C(C(C)C)C1=NC(=Nc1c(C(C)C)cccc1C(C)C)N(C(C)C)C(C)C. The molecule has 0 radical (unpaired) electrons. The first-order valence-corrected chi connectivity index (χ1v) is 13.4. The Kier molecular flexibility index (Phi) is 9.91. The van der Waals surface area contributed by atoms with Crippen molar-refractivity contribution in [3.63, 3.8) is 0 Å². The average Bonchev–Trinajstić information content (AvgIpc) is 2.72. The van der Waals surface area contributed by atoms with Crippen LogP contribution in [0.15, 0.2) is 51.5 Å². The monoisotopic (exact) mass is 463 g/mol. The Bertz CT molecular complexity index is 893. The van der Waals surface area contributed by atoms with Gasteiger partial charge in [0.05, 0.1) is 11.4 Å². The van der Waals surface area contributed by atoms with E-state index in [2.05, 4.69) is 118 Å². The maximum absolute atomic E-state index is 5.44. The number of guanidine groups is 1. The lowest BCUT2D eigenvalue weighted by atomic mass is 9.84. The van der Waals surface area contributed by atoms with E-state index in [0.717, 1.165) is 23.8 Å². The second-order valence-electron chi connectivity index (χ2n) is 11.4. The van der Waals surface area contributed by atoms with Crippen LogP contribution in [0.5, 0.6) is 0 Å². The molecule has 0 spiro atoms. The first-order valence-electron chi connectivity index (χ1n) is 13.4. The van der Waals surface area contributed by atoms with Crippen molar-refractivity contribution in [3.8, 4) is 0 Å². The van der Waals surface area contributed by atoms with Crippen molar-refractivity contribution >= 4 is 17.4 Å². The minimum absolute atomic E-state index is 0.290. The van der Waals surface area contributed by atoms with Gasteiger partial charge in [-0.05, 0) is 80.1 Å². The minimum atomic E-state index is 0.290. The summed E-state index contributed by atoms with van der Waals surface area (Å²) in [6.07, 6.45) is 5.69. The third-order valence-electron chi connectivity index (χ3n) is 6.58. The molecule has 1 aromatic carbocycles. The Hall–Kier alpha value is -2.16. The van der Waals surface area contributed by atoms with Crippen molar-refractivity contribution in [1.29, 1.82) is 0 Å². The highest BCUT2D eigenvalue weighted by Gasteiger charge is 2.26. The average molecular weight is 464 g/mol. The fourth-order valence-electron chi connectivity index (χ4n) is 4.86. The van der Waals surface area contributed by atoms with Crippen molar-refractivity contribution in [2.45, 2.75) is 113 Å². The molecule has 1 aliphatic carbocycles. The second-order valence-corrected chi connectivity index (χ2v) is 11.4. The van der Waals surface area contributed by atoms with Gasteiger partial charge in [0, 0.05) is 12.1 Å². The molecule has 0 aromatic heterocycles. The molecule has 2 rings (SSSR count). The third kappa shape index (κ3) is 6.49. The number of rotatable bonds is 7. The molecule has 0 bridgehead atoms. The topological polar surface area (TPSA) is 28.0 Å². The molecule has 0 heterocycles. The predicted octanol–water partition coefficient (Wildman–Crippen LogP) is 9.05. The van der Waals surface area contributed by atoms with Gasteiger partial charge in [-0.25, -0.2) is 9.98 Å². The molecule has 0 atom stereocenters. The summed E-state index contributed by atoms with van der Waals surface area (Å²) >= 11 is 0. The molecule has 0 unspecified atom stereocenters. The molecule has 0 N–H and O–H groups in total. The standard InChI is InChI=1S/C31H49N3/c1-19(2)25-15-13-16-26(20(3)4)29(25)32-31(34(23(9)10)24(11)12)33-30-27(21(5)6)17-14-18-28(30)22(7)8/h13,15-24H,14H2,1-12H3. The molecular weight excluding hydrogens is 414 g/mol. The molecule has 1 aliphatic rings. The van der Waals surface area contributed by atoms with Gasteiger partial charge in [0.2, 0.25) is 5.96 Å². The Morgan fingerprint density at radius 3 is 1.47 bits per heavy atom. The van der Waals surface area contributed by atoms with Gasteiger partial charge < -0.3 is 4.90 Å². The number of aliphatic imine (C=N–C) groups is 2. The first-order chi connectivity index (χ1) is 15.9. The van der Waals surface area contributed by atoms with Crippen LogP contribution in [-0.2, 0) is 0 Å². The molecule has 3 heteroatoms. The maximum Gasteiger partial charge on any atom is 0.226 e. The van der Waals surface area contributed by atoms with Gasteiger partial charge in [-0.15, -0.1) is 0 Å². The van der Waals surface area contributed by atoms with E-state index in [0.29, 0.717) is 35.8 Å². The number of allylic oxidation sites excluding steroid dienone is 4. The molecular formula is C31H49N3. The molecule has 0 amide bonds. The van der Waals surface area contributed by atoms with Crippen molar-refractivity contribution < 1.29 is 0 Å². The summed E-state index contributed by atoms with van der Waals surface area (Å²) in [6.45, 7) is 27.1. The van der Waals surface area contributed by atoms with Crippen LogP contribution in [-0.4, -0.2) is 28.7 Å². The Balaban J connectivity index is 2.92. The van der Waals surface area contributed by atoms with E-state index in [1.807, 2.05) is 0 Å². The van der Waals surface area contributed by atoms with Crippen LogP contribution in [0.4, 0.5) is 5.69 Å². The molecule has 0 saturated carbocycles. The van der Waals surface area contributed by atoms with Gasteiger partial charge in [-0.3, -0.25) is 0 Å². The number of hydrogen-bond donors (Lipinski definition) is 0. The second kappa shape index (κ2) is 12.0. The van der Waals surface area contributed by atoms with Crippen LogP contribution in [0.2, 0.25) is 0 Å². The zero-order valence-electron chi connectivity index (χ0n) is 23.9. The van der Waals surface area contributed by atoms with Gasteiger partial charge in [-0.1, -0.05) is 85.7 Å². The molecule has 0 saturated heterocycles. The number of para-hydroxylation sites is 1. The molecule has 34 heavy (non-hydrogen) atoms. The van der Waals surface area contributed by atoms with Crippen molar-refractivity contribution in [1.82, 2.24) is 4.90 Å². The summed E-state index contributed by atoms with van der Waals surface area (Å²) < 4.78 is 0. The molecule has 3 nitrogen and oxygen atoms in total. The van der Waals surface area contributed by atoms with Gasteiger partial charge in [0.25, 0.3) is 0 Å². The first kappa shape index (κ1) is 28.1. The molecule has 1 aromatic rings. The fraction of sp³-hybridized carbons (Fsp3) is 0.613. The highest BCUT2D eigenvalue weighted by Crippen LogP contribution is 2.36. The lowest BCUT2D eigenvalue weighted by molar-refractivity contribution is 0.289. The van der Waals surface area contributed by atoms with E-state index < -0.39 is 0 Å². The summed E-state index contributed by atoms with van der Waals surface area (Å²) in [5.41, 5.74) is 7.48. The van der Waals surface area contributed by atoms with Crippen LogP contribution in [0, 0.1) is 11.8 Å². The van der Waals surface area contributed by atoms with Crippen molar-refractivity contribution in [2.75, 3.05) is 0 Å². The normalized spacial score (nSPS) is 15.2. The van der Waals surface area contributed by atoms with E-state index in [4.69, 9.17) is 9.98 Å². The highest BCUT2D eigenvalue weighted by atomic mass is 15.3. The summed E-state index contributed by atoms with van der Waals surface area (Å²) in [5.74, 6) is 2.45. The summed E-state index contributed by atoms with van der Waals surface area (Å²) in [7, 11) is 0. The number of hydrogen-bond acceptors (Lipinski definition) is 1. The third-order valence-corrected chi connectivity index (χ3v) is 6.58. The highest BCUT2D eigenvalue weighted by molar-refractivity contribution is 6.17. The fourth-order valence-corrected chi connectivity index (χ4v) is 4.86. The van der Waals surface area contributed by atoms with Crippen LogP contribution in [0.3, 0.4) is 0 Å². The summed E-state index contributed by atoms with van der Waals surface area (Å²) in [4.78, 5) is 13.2. The Labute approximate surface area is 210 Å². The quantitative estimate of drug-likeness (QED) is 0.293. The Morgan fingerprint density at radius 1 is 0.676 bits per heavy atom. The minimum Gasteiger partial charge on any atom is -0.336 e. The van der Waals surface area contributed by atoms with Crippen LogP contribution in [0.1, 0.15) is 112 Å². The zero-order valence-corrected chi connectivity index (χ0v) is 23.9. The van der Waals surface area contributed by atoms with E-state index in [1.165, 1.54) is 22.3 Å². The van der Waals surface area contributed by atoms with E-state index >= 15 is 0 Å². The number of benzene rings is 1. The predicted molar refractivity (Wildman–Crippen MR) is 152 cm³/mol. The van der Waals surface area contributed by atoms with Crippen molar-refractivity contribution in [3.05, 3.63) is 52.6 Å². The molecule has 188 valence electrons. The smallest absolute Gasteiger partial charge is 0.226 e. The molecule has 0 fully saturated rings. The number of nitrogens with zero attached hydrogens (tertiary/aromatic N) is 3. The van der Waals surface area contributed by atoms with E-state index in [-0.39, 0.29) is 0 Å². The van der Waals surface area contributed by atoms with Gasteiger partial charge in [-0.2, -0.15) is 0 Å². The zero-order chi connectivity index (χ0) is 25.7.